The second-order valence-corrected chi connectivity index (χ2v) is 6.52. The number of nitrogens with one attached hydrogen (secondary N) is 2. The Morgan fingerprint density at radius 1 is 1.21 bits per heavy atom. The number of anilines is 1. The molecule has 5 nitrogen and oxygen atoms in total. The third-order valence-corrected chi connectivity index (χ3v) is 3.99. The van der Waals surface area contributed by atoms with Crippen molar-refractivity contribution in [3.05, 3.63) is 58.9 Å². The van der Waals surface area contributed by atoms with Gasteiger partial charge >= 0.3 is 0 Å². The van der Waals surface area contributed by atoms with Crippen molar-refractivity contribution in [3.63, 3.8) is 0 Å². The molecule has 1 heterocycles. The summed E-state index contributed by atoms with van der Waals surface area (Å²) in [7, 11) is 0. The van der Waals surface area contributed by atoms with Crippen LogP contribution in [0.1, 0.15) is 25.0 Å². The van der Waals surface area contributed by atoms with Crippen molar-refractivity contribution < 1.29 is 9.59 Å². The predicted molar refractivity (Wildman–Crippen MR) is 94.7 cm³/mol. The molecule has 2 aromatic rings. The fraction of sp³-hybridized carbons (Fsp3) is 0.278. The minimum Gasteiger partial charge on any atom is -0.351 e. The highest BCUT2D eigenvalue weighted by Crippen LogP contribution is 2.24. The Hall–Kier alpha value is -2.40. The third kappa shape index (κ3) is 4.32. The van der Waals surface area contributed by atoms with Gasteiger partial charge in [-0.05, 0) is 50.1 Å². The van der Waals surface area contributed by atoms with Crippen LogP contribution in [0.15, 0.2) is 42.7 Å². The Labute approximate surface area is 146 Å². The fourth-order valence-electron chi connectivity index (χ4n) is 2.02. The zero-order valence-corrected chi connectivity index (χ0v) is 14.6. The van der Waals surface area contributed by atoms with Crippen molar-refractivity contribution in [1.29, 1.82) is 0 Å². The van der Waals surface area contributed by atoms with Crippen LogP contribution in [0.25, 0.3) is 0 Å². The molecule has 1 aromatic carbocycles. The molecule has 0 unspecified atom stereocenters. The number of rotatable bonds is 5. The van der Waals surface area contributed by atoms with E-state index in [-0.39, 0.29) is 5.91 Å². The number of aromatic nitrogens is 1. The van der Waals surface area contributed by atoms with Crippen molar-refractivity contribution >= 4 is 29.1 Å². The van der Waals surface area contributed by atoms with Crippen LogP contribution >= 0.6 is 11.6 Å². The minimum atomic E-state index is -1.23. The van der Waals surface area contributed by atoms with Crippen molar-refractivity contribution in [3.8, 4) is 0 Å². The van der Waals surface area contributed by atoms with Gasteiger partial charge in [0.1, 0.15) is 5.41 Å². The maximum absolute atomic E-state index is 12.5. The molecule has 2 N–H and O–H groups in total. The van der Waals surface area contributed by atoms with Crippen LogP contribution in [0.2, 0.25) is 5.02 Å². The number of carbonyl (C=O) groups excluding carboxylic acids is 2. The van der Waals surface area contributed by atoms with Gasteiger partial charge in [-0.2, -0.15) is 0 Å². The first kappa shape index (κ1) is 17.9. The Morgan fingerprint density at radius 2 is 1.96 bits per heavy atom. The molecule has 0 spiro atoms. The van der Waals surface area contributed by atoms with E-state index in [1.54, 1.807) is 44.4 Å². The van der Waals surface area contributed by atoms with Gasteiger partial charge in [-0.1, -0.05) is 23.7 Å². The maximum Gasteiger partial charge on any atom is 0.239 e. The molecule has 24 heavy (non-hydrogen) atoms. The number of halogens is 1. The smallest absolute Gasteiger partial charge is 0.239 e. The molecule has 0 aliphatic heterocycles. The Kier molecular flexibility index (Phi) is 5.57. The second kappa shape index (κ2) is 7.45. The average molecular weight is 346 g/mol. The van der Waals surface area contributed by atoms with E-state index in [1.807, 2.05) is 19.1 Å². The molecule has 2 rings (SSSR count). The van der Waals surface area contributed by atoms with Crippen molar-refractivity contribution in [2.24, 2.45) is 5.41 Å². The molecule has 1 aromatic heterocycles. The molecule has 0 fully saturated rings. The molecule has 0 saturated heterocycles. The van der Waals surface area contributed by atoms with Crippen LogP contribution < -0.4 is 10.6 Å². The van der Waals surface area contributed by atoms with Gasteiger partial charge in [0.25, 0.3) is 0 Å². The standard InChI is InChI=1S/C18H20ClN3O2/c1-12-6-7-14(19)9-15(12)22-17(24)18(2,3)16(23)21-11-13-5-4-8-20-10-13/h4-10H,11H2,1-3H3,(H,21,23)(H,22,24). The first-order valence-corrected chi connectivity index (χ1v) is 7.93. The van der Waals surface area contributed by atoms with E-state index in [2.05, 4.69) is 15.6 Å². The Morgan fingerprint density at radius 3 is 2.62 bits per heavy atom. The topological polar surface area (TPSA) is 71.1 Å². The summed E-state index contributed by atoms with van der Waals surface area (Å²) in [4.78, 5) is 28.9. The van der Waals surface area contributed by atoms with Crippen LogP contribution in [0.4, 0.5) is 5.69 Å². The van der Waals surface area contributed by atoms with Crippen molar-refractivity contribution in [2.45, 2.75) is 27.3 Å². The normalized spacial score (nSPS) is 11.0. The molecule has 126 valence electrons. The van der Waals surface area contributed by atoms with Gasteiger partial charge in [-0.25, -0.2) is 0 Å². The van der Waals surface area contributed by atoms with Gasteiger partial charge in [0, 0.05) is 29.6 Å². The lowest BCUT2D eigenvalue weighted by Crippen LogP contribution is -2.45. The van der Waals surface area contributed by atoms with Crippen LogP contribution in [-0.2, 0) is 16.1 Å². The van der Waals surface area contributed by atoms with E-state index in [0.29, 0.717) is 17.3 Å². The van der Waals surface area contributed by atoms with Gasteiger partial charge < -0.3 is 10.6 Å². The van der Waals surface area contributed by atoms with Crippen LogP contribution in [0.5, 0.6) is 0 Å². The molecule has 0 radical (unpaired) electrons. The second-order valence-electron chi connectivity index (χ2n) is 6.08. The third-order valence-electron chi connectivity index (χ3n) is 3.76. The van der Waals surface area contributed by atoms with Gasteiger partial charge in [0.2, 0.25) is 11.8 Å². The monoisotopic (exact) mass is 345 g/mol. The van der Waals surface area contributed by atoms with Gasteiger partial charge in [0.15, 0.2) is 0 Å². The summed E-state index contributed by atoms with van der Waals surface area (Å²) in [6.45, 7) is 5.35. The first-order valence-electron chi connectivity index (χ1n) is 7.55. The van der Waals surface area contributed by atoms with E-state index in [4.69, 9.17) is 11.6 Å². The van der Waals surface area contributed by atoms with Crippen molar-refractivity contribution in [1.82, 2.24) is 10.3 Å². The lowest BCUT2D eigenvalue weighted by atomic mass is 9.90. The van der Waals surface area contributed by atoms with Gasteiger partial charge in [-0.3, -0.25) is 14.6 Å². The highest BCUT2D eigenvalue weighted by atomic mass is 35.5. The number of benzene rings is 1. The number of hydrogen-bond donors (Lipinski definition) is 2. The molecule has 0 bridgehead atoms. The largest absolute Gasteiger partial charge is 0.351 e. The number of aryl methyl sites for hydroxylation is 1. The maximum atomic E-state index is 12.5. The molecule has 0 saturated carbocycles. The molecule has 0 aliphatic carbocycles. The molecule has 2 amide bonds. The molecular formula is C18H20ClN3O2. The quantitative estimate of drug-likeness (QED) is 0.816. The SMILES string of the molecule is Cc1ccc(Cl)cc1NC(=O)C(C)(C)C(=O)NCc1cccnc1. The minimum absolute atomic E-state index is 0.319. The first-order chi connectivity index (χ1) is 11.3. The summed E-state index contributed by atoms with van der Waals surface area (Å²) >= 11 is 5.96. The lowest BCUT2D eigenvalue weighted by molar-refractivity contribution is -0.138. The van der Waals surface area contributed by atoms with Crippen LogP contribution in [-0.4, -0.2) is 16.8 Å². The molecule has 0 atom stereocenters. The Balaban J connectivity index is 2.03. The van der Waals surface area contributed by atoms with Gasteiger partial charge in [0.05, 0.1) is 0 Å². The molecule has 6 heteroatoms. The van der Waals surface area contributed by atoms with E-state index in [1.165, 1.54) is 0 Å². The molecular weight excluding hydrogens is 326 g/mol. The number of carbonyl (C=O) groups is 2. The summed E-state index contributed by atoms with van der Waals surface area (Å²) in [6, 6.07) is 8.88. The van der Waals surface area contributed by atoms with Gasteiger partial charge in [-0.15, -0.1) is 0 Å². The highest BCUT2D eigenvalue weighted by Gasteiger charge is 2.36. The van der Waals surface area contributed by atoms with E-state index in [0.717, 1.165) is 11.1 Å². The summed E-state index contributed by atoms with van der Waals surface area (Å²) in [5, 5.41) is 6.06. The lowest BCUT2D eigenvalue weighted by Gasteiger charge is -2.23. The fourth-order valence-corrected chi connectivity index (χ4v) is 2.19. The number of hydrogen-bond acceptors (Lipinski definition) is 3. The Bertz CT molecular complexity index is 745. The summed E-state index contributed by atoms with van der Waals surface area (Å²) in [5.41, 5.74) is 1.12. The van der Waals surface area contributed by atoms with Crippen LogP contribution in [0, 0.1) is 12.3 Å². The average Bonchev–Trinajstić information content (AvgIpc) is 2.56. The number of amides is 2. The van der Waals surface area contributed by atoms with E-state index in [9.17, 15) is 9.59 Å². The predicted octanol–water partition coefficient (Wildman–Crippen LogP) is 3.32. The van der Waals surface area contributed by atoms with E-state index < -0.39 is 11.3 Å². The number of nitrogens with zero attached hydrogens (tertiary/aromatic N) is 1. The van der Waals surface area contributed by atoms with Crippen LogP contribution in [0.3, 0.4) is 0 Å². The molecule has 0 aliphatic rings. The zero-order chi connectivity index (χ0) is 17.7. The van der Waals surface area contributed by atoms with Crippen molar-refractivity contribution in [2.75, 3.05) is 5.32 Å². The summed E-state index contributed by atoms with van der Waals surface area (Å²) in [5.74, 6) is -0.750. The zero-order valence-electron chi connectivity index (χ0n) is 13.9. The number of pyridine rings is 1. The highest BCUT2D eigenvalue weighted by molar-refractivity contribution is 6.31. The summed E-state index contributed by atoms with van der Waals surface area (Å²) < 4.78 is 0. The van der Waals surface area contributed by atoms with E-state index >= 15 is 0 Å². The summed E-state index contributed by atoms with van der Waals surface area (Å²) in [6.07, 6.45) is 3.33.